The third-order valence-corrected chi connectivity index (χ3v) is 5.81. The topological polar surface area (TPSA) is 85.6 Å². The minimum atomic E-state index is -0.0578. The molecule has 2 atom stereocenters. The first-order valence-corrected chi connectivity index (χ1v) is 9.78. The first kappa shape index (κ1) is 18.4. The van der Waals surface area contributed by atoms with Gasteiger partial charge in [-0.1, -0.05) is 0 Å². The summed E-state index contributed by atoms with van der Waals surface area (Å²) in [7, 11) is 0. The number of carbonyl (C=O) groups is 1. The van der Waals surface area contributed by atoms with Gasteiger partial charge in [0.05, 0.1) is 30.6 Å². The molecule has 7 heteroatoms. The Balaban J connectivity index is 1.47. The maximum Gasteiger partial charge on any atom is 0.251 e. The zero-order chi connectivity index (χ0) is 18.6. The quantitative estimate of drug-likeness (QED) is 0.831. The van der Waals surface area contributed by atoms with Crippen LogP contribution >= 0.6 is 0 Å². The molecule has 2 N–H and O–H groups in total. The van der Waals surface area contributed by atoms with E-state index in [1.807, 2.05) is 22.8 Å². The smallest absolute Gasteiger partial charge is 0.251 e. The number of aliphatic hydroxyl groups is 1. The Kier molecular flexibility index (Phi) is 5.71. The van der Waals surface area contributed by atoms with Gasteiger partial charge >= 0.3 is 0 Å². The summed E-state index contributed by atoms with van der Waals surface area (Å²) in [4.78, 5) is 17.2. The summed E-state index contributed by atoms with van der Waals surface area (Å²) in [5.74, 6) is 0.831. The highest BCUT2D eigenvalue weighted by Crippen LogP contribution is 2.30. The SMILES string of the molecule is O=C(N[C@@H]1CCOC[C@@H]1C1CCOCC1)c1ccc2c(c1)ncn2CCO. The van der Waals surface area contributed by atoms with E-state index in [0.717, 1.165) is 43.5 Å². The van der Waals surface area contributed by atoms with E-state index in [1.165, 1.54) is 0 Å². The van der Waals surface area contributed by atoms with Gasteiger partial charge < -0.3 is 24.5 Å². The van der Waals surface area contributed by atoms with Gasteiger partial charge in [0.1, 0.15) is 0 Å². The molecule has 1 aromatic heterocycles. The molecule has 2 aliphatic heterocycles. The van der Waals surface area contributed by atoms with Gasteiger partial charge in [-0.3, -0.25) is 4.79 Å². The highest BCUT2D eigenvalue weighted by Gasteiger charge is 2.34. The van der Waals surface area contributed by atoms with Gasteiger partial charge in [-0.15, -0.1) is 0 Å². The number of hydrogen-bond acceptors (Lipinski definition) is 5. The monoisotopic (exact) mass is 373 g/mol. The van der Waals surface area contributed by atoms with Crippen LogP contribution in [0.5, 0.6) is 0 Å². The maximum atomic E-state index is 12.9. The molecule has 2 aliphatic rings. The van der Waals surface area contributed by atoms with Gasteiger partial charge in [0.25, 0.3) is 5.91 Å². The summed E-state index contributed by atoms with van der Waals surface area (Å²) in [5, 5.41) is 12.4. The lowest BCUT2D eigenvalue weighted by molar-refractivity contribution is -0.0259. The largest absolute Gasteiger partial charge is 0.395 e. The Morgan fingerprint density at radius 1 is 1.22 bits per heavy atom. The lowest BCUT2D eigenvalue weighted by Gasteiger charge is -2.39. The molecule has 2 fully saturated rings. The van der Waals surface area contributed by atoms with E-state index in [9.17, 15) is 4.79 Å². The lowest BCUT2D eigenvalue weighted by atomic mass is 9.79. The van der Waals surface area contributed by atoms with Crippen LogP contribution < -0.4 is 5.32 Å². The van der Waals surface area contributed by atoms with Gasteiger partial charge in [0.15, 0.2) is 0 Å². The molecule has 0 radical (unpaired) electrons. The highest BCUT2D eigenvalue weighted by atomic mass is 16.5. The molecule has 0 unspecified atom stereocenters. The number of amides is 1. The molecule has 0 bridgehead atoms. The van der Waals surface area contributed by atoms with Crippen molar-refractivity contribution in [1.82, 2.24) is 14.9 Å². The number of hydrogen-bond donors (Lipinski definition) is 2. The Labute approximate surface area is 158 Å². The van der Waals surface area contributed by atoms with Gasteiger partial charge in [-0.05, 0) is 43.4 Å². The van der Waals surface area contributed by atoms with Crippen molar-refractivity contribution in [2.24, 2.45) is 11.8 Å². The summed E-state index contributed by atoms with van der Waals surface area (Å²) in [6.07, 6.45) is 4.62. The Morgan fingerprint density at radius 3 is 2.85 bits per heavy atom. The summed E-state index contributed by atoms with van der Waals surface area (Å²) >= 11 is 0. The maximum absolute atomic E-state index is 12.9. The molecule has 2 aromatic rings. The normalized spacial score (nSPS) is 24.2. The summed E-state index contributed by atoms with van der Waals surface area (Å²) < 4.78 is 13.1. The van der Waals surface area contributed by atoms with Crippen LogP contribution in [0.1, 0.15) is 29.6 Å². The average molecular weight is 373 g/mol. The molecule has 1 aromatic carbocycles. The molecule has 27 heavy (non-hydrogen) atoms. The molecule has 0 saturated carbocycles. The first-order chi connectivity index (χ1) is 13.3. The number of nitrogens with one attached hydrogen (secondary N) is 1. The van der Waals surface area contributed by atoms with E-state index < -0.39 is 0 Å². The molecule has 2 saturated heterocycles. The summed E-state index contributed by atoms with van der Waals surface area (Å²) in [6.45, 7) is 3.56. The average Bonchev–Trinajstić information content (AvgIpc) is 3.11. The third kappa shape index (κ3) is 4.00. The van der Waals surface area contributed by atoms with Crippen LogP contribution in [0.4, 0.5) is 0 Å². The zero-order valence-electron chi connectivity index (χ0n) is 15.5. The fraction of sp³-hybridized carbons (Fsp3) is 0.600. The van der Waals surface area contributed by atoms with E-state index in [1.54, 1.807) is 6.33 Å². The second-order valence-corrected chi connectivity index (χ2v) is 7.42. The standard InChI is InChI=1S/C20H27N3O4/c24-7-6-23-13-21-18-11-15(1-2-19(18)23)20(25)22-17-5-10-27-12-16(17)14-3-8-26-9-4-14/h1-2,11,13-14,16-17,24H,3-10,12H2,(H,22,25)/t16-,17-/m1/s1. The van der Waals surface area contributed by atoms with Gasteiger partial charge in [0.2, 0.25) is 0 Å². The van der Waals surface area contributed by atoms with Crippen LogP contribution in [0, 0.1) is 11.8 Å². The fourth-order valence-electron chi connectivity index (χ4n) is 4.29. The van der Waals surface area contributed by atoms with Crippen LogP contribution in [0.3, 0.4) is 0 Å². The molecule has 4 rings (SSSR count). The molecule has 1 amide bonds. The predicted octanol–water partition coefficient (Wildman–Crippen LogP) is 1.59. The van der Waals surface area contributed by atoms with Crippen molar-refractivity contribution in [3.63, 3.8) is 0 Å². The Bertz CT molecular complexity index is 785. The minimum absolute atomic E-state index is 0.0578. The van der Waals surface area contributed by atoms with Crippen molar-refractivity contribution in [2.45, 2.75) is 31.8 Å². The summed E-state index contributed by atoms with van der Waals surface area (Å²) in [5.41, 5.74) is 2.31. The number of nitrogens with zero attached hydrogens (tertiary/aromatic N) is 2. The van der Waals surface area contributed by atoms with Crippen molar-refractivity contribution in [3.05, 3.63) is 30.1 Å². The molecule has 7 nitrogen and oxygen atoms in total. The number of benzene rings is 1. The van der Waals surface area contributed by atoms with Crippen LogP contribution in [-0.2, 0) is 16.0 Å². The van der Waals surface area contributed by atoms with Crippen molar-refractivity contribution in [1.29, 1.82) is 0 Å². The second kappa shape index (κ2) is 8.37. The van der Waals surface area contributed by atoms with E-state index >= 15 is 0 Å². The highest BCUT2D eigenvalue weighted by molar-refractivity contribution is 5.97. The molecule has 146 valence electrons. The van der Waals surface area contributed by atoms with E-state index in [2.05, 4.69) is 10.3 Å². The first-order valence-electron chi connectivity index (χ1n) is 9.78. The van der Waals surface area contributed by atoms with Crippen LogP contribution in [-0.4, -0.2) is 59.6 Å². The number of ether oxygens (including phenoxy) is 2. The number of carbonyl (C=O) groups excluding carboxylic acids is 1. The van der Waals surface area contributed by atoms with Gasteiger partial charge in [0, 0.05) is 43.9 Å². The van der Waals surface area contributed by atoms with Crippen LogP contribution in [0.15, 0.2) is 24.5 Å². The Hall–Kier alpha value is -1.96. The number of rotatable bonds is 5. The van der Waals surface area contributed by atoms with E-state index in [-0.39, 0.29) is 18.6 Å². The van der Waals surface area contributed by atoms with Gasteiger partial charge in [-0.25, -0.2) is 4.98 Å². The van der Waals surface area contributed by atoms with Crippen molar-refractivity contribution < 1.29 is 19.4 Å². The van der Waals surface area contributed by atoms with Crippen molar-refractivity contribution in [2.75, 3.05) is 33.0 Å². The van der Waals surface area contributed by atoms with Crippen molar-refractivity contribution in [3.8, 4) is 0 Å². The number of imidazole rings is 1. The molecule has 0 spiro atoms. The van der Waals surface area contributed by atoms with Crippen LogP contribution in [0.2, 0.25) is 0 Å². The third-order valence-electron chi connectivity index (χ3n) is 5.81. The predicted molar refractivity (Wildman–Crippen MR) is 101 cm³/mol. The molecular weight excluding hydrogens is 346 g/mol. The van der Waals surface area contributed by atoms with E-state index in [4.69, 9.17) is 14.6 Å². The molecule has 3 heterocycles. The van der Waals surface area contributed by atoms with Crippen molar-refractivity contribution >= 4 is 16.9 Å². The number of aromatic nitrogens is 2. The fourth-order valence-corrected chi connectivity index (χ4v) is 4.29. The second-order valence-electron chi connectivity index (χ2n) is 7.42. The van der Waals surface area contributed by atoms with Crippen LogP contribution in [0.25, 0.3) is 11.0 Å². The Morgan fingerprint density at radius 2 is 2.04 bits per heavy atom. The molecular formula is C20H27N3O4. The summed E-state index contributed by atoms with van der Waals surface area (Å²) in [6, 6.07) is 5.68. The molecule has 0 aliphatic carbocycles. The lowest BCUT2D eigenvalue weighted by Crippen LogP contribution is -2.49. The van der Waals surface area contributed by atoms with Gasteiger partial charge in [-0.2, -0.15) is 0 Å². The number of aliphatic hydroxyl groups excluding tert-OH is 1. The number of fused-ring (bicyclic) bond motifs is 1. The zero-order valence-corrected chi connectivity index (χ0v) is 15.5. The van der Waals surface area contributed by atoms with E-state index in [0.29, 0.717) is 37.2 Å². The minimum Gasteiger partial charge on any atom is -0.395 e.